The number of rotatable bonds is 4. The van der Waals surface area contributed by atoms with Crippen molar-refractivity contribution >= 4 is 23.3 Å². The number of hydrogen-bond donors (Lipinski definition) is 2. The largest absolute Gasteiger partial charge is 0.349 e. The Kier molecular flexibility index (Phi) is 4.32. The number of amides is 2. The van der Waals surface area contributed by atoms with Crippen LogP contribution in [0.2, 0.25) is 0 Å². The van der Waals surface area contributed by atoms with Crippen LogP contribution in [0.3, 0.4) is 0 Å². The van der Waals surface area contributed by atoms with Crippen LogP contribution >= 0.6 is 0 Å². The van der Waals surface area contributed by atoms with E-state index in [4.69, 9.17) is 0 Å². The molecule has 0 radical (unpaired) electrons. The summed E-state index contributed by atoms with van der Waals surface area (Å²) in [6, 6.07) is 7.39. The Morgan fingerprint density at radius 1 is 1.00 bits per heavy atom. The van der Waals surface area contributed by atoms with Gasteiger partial charge in [-0.3, -0.25) is 14.4 Å². The molecule has 5 heteroatoms. The Morgan fingerprint density at radius 2 is 1.72 bits per heavy atom. The molecule has 2 unspecified atom stereocenters. The van der Waals surface area contributed by atoms with Crippen LogP contribution in [-0.4, -0.2) is 23.6 Å². The molecule has 3 aliphatic rings. The van der Waals surface area contributed by atoms with Gasteiger partial charge in [0, 0.05) is 35.0 Å². The summed E-state index contributed by atoms with van der Waals surface area (Å²) >= 11 is 0. The van der Waals surface area contributed by atoms with E-state index < -0.39 is 0 Å². The van der Waals surface area contributed by atoms with Gasteiger partial charge in [0.05, 0.1) is 0 Å². The third kappa shape index (κ3) is 3.60. The summed E-state index contributed by atoms with van der Waals surface area (Å²) < 4.78 is 0. The quantitative estimate of drug-likeness (QED) is 0.885. The van der Waals surface area contributed by atoms with E-state index in [-0.39, 0.29) is 29.6 Å². The highest BCUT2D eigenvalue weighted by atomic mass is 16.2. The van der Waals surface area contributed by atoms with E-state index in [0.717, 1.165) is 32.1 Å². The molecule has 5 nitrogen and oxygen atoms in total. The molecule has 1 aromatic rings. The number of Topliss-reactive ketones (excluding diaryl/α,β-unsaturated/α-hetero) is 1. The molecule has 0 saturated heterocycles. The van der Waals surface area contributed by atoms with E-state index in [9.17, 15) is 14.4 Å². The predicted molar refractivity (Wildman–Crippen MR) is 94.1 cm³/mol. The standard InChI is InChI=1S/C20H24N2O3/c23-18-12-3-1-4-13(18)10-15(9-12)20(25)22-17-6-2-5-14(11-17)19(24)21-16-7-8-16/h2,5-6,11-13,15-16H,1,3-4,7-10H2,(H,21,24)(H,22,25). The van der Waals surface area contributed by atoms with Crippen LogP contribution < -0.4 is 10.6 Å². The van der Waals surface area contributed by atoms with Gasteiger partial charge in [0.15, 0.2) is 0 Å². The minimum absolute atomic E-state index is 0.0239. The van der Waals surface area contributed by atoms with Crippen molar-refractivity contribution in [3.05, 3.63) is 29.8 Å². The Balaban J connectivity index is 1.40. The lowest BCUT2D eigenvalue weighted by Crippen LogP contribution is -2.40. The molecule has 4 rings (SSSR count). The second-order valence-electron chi connectivity index (χ2n) is 7.71. The molecule has 25 heavy (non-hydrogen) atoms. The molecular formula is C20H24N2O3. The molecular weight excluding hydrogens is 316 g/mol. The smallest absolute Gasteiger partial charge is 0.251 e. The maximum Gasteiger partial charge on any atom is 0.251 e. The highest BCUT2D eigenvalue weighted by molar-refractivity contribution is 5.98. The lowest BCUT2D eigenvalue weighted by atomic mass is 9.67. The topological polar surface area (TPSA) is 75.3 Å². The van der Waals surface area contributed by atoms with E-state index in [0.29, 0.717) is 35.9 Å². The summed E-state index contributed by atoms with van der Waals surface area (Å²) in [6.07, 6.45) is 6.39. The first-order valence-electron chi connectivity index (χ1n) is 9.35. The van der Waals surface area contributed by atoms with Gasteiger partial charge in [-0.05, 0) is 56.7 Å². The van der Waals surface area contributed by atoms with Crippen molar-refractivity contribution in [1.82, 2.24) is 5.32 Å². The van der Waals surface area contributed by atoms with Crippen LogP contribution in [0.1, 0.15) is 55.3 Å². The van der Waals surface area contributed by atoms with Crippen LogP contribution in [0.25, 0.3) is 0 Å². The van der Waals surface area contributed by atoms with Gasteiger partial charge < -0.3 is 10.6 Å². The summed E-state index contributed by atoms with van der Waals surface area (Å²) in [7, 11) is 0. The zero-order valence-electron chi connectivity index (χ0n) is 14.3. The van der Waals surface area contributed by atoms with Crippen molar-refractivity contribution in [3.63, 3.8) is 0 Å². The molecule has 2 amide bonds. The molecule has 2 atom stereocenters. The summed E-state index contributed by atoms with van der Waals surface area (Å²) in [4.78, 5) is 37.0. The van der Waals surface area contributed by atoms with Gasteiger partial charge >= 0.3 is 0 Å². The van der Waals surface area contributed by atoms with Gasteiger partial charge in [-0.1, -0.05) is 12.5 Å². The lowest BCUT2D eigenvalue weighted by molar-refractivity contribution is -0.136. The summed E-state index contributed by atoms with van der Waals surface area (Å²) in [5.74, 6) is 0.296. The number of benzene rings is 1. The van der Waals surface area contributed by atoms with Gasteiger partial charge in [0.1, 0.15) is 5.78 Å². The summed E-state index contributed by atoms with van der Waals surface area (Å²) in [5.41, 5.74) is 1.22. The zero-order chi connectivity index (χ0) is 17.4. The number of ketones is 1. The first kappa shape index (κ1) is 16.3. The fourth-order valence-corrected chi connectivity index (χ4v) is 4.17. The van der Waals surface area contributed by atoms with E-state index in [1.54, 1.807) is 24.3 Å². The minimum atomic E-state index is -0.100. The monoisotopic (exact) mass is 340 g/mol. The predicted octanol–water partition coefficient (Wildman–Crippen LogP) is 2.91. The second-order valence-corrected chi connectivity index (χ2v) is 7.71. The number of carbonyl (C=O) groups excluding carboxylic acids is 3. The highest BCUT2D eigenvalue weighted by Gasteiger charge is 2.41. The van der Waals surface area contributed by atoms with Crippen molar-refractivity contribution in [2.24, 2.45) is 17.8 Å². The third-order valence-electron chi connectivity index (χ3n) is 5.72. The van der Waals surface area contributed by atoms with Crippen LogP contribution in [0.5, 0.6) is 0 Å². The molecule has 3 saturated carbocycles. The van der Waals surface area contributed by atoms with Gasteiger partial charge in [0.2, 0.25) is 5.91 Å². The van der Waals surface area contributed by atoms with E-state index in [1.165, 1.54) is 0 Å². The van der Waals surface area contributed by atoms with Crippen LogP contribution in [0.15, 0.2) is 24.3 Å². The maximum absolute atomic E-state index is 12.7. The van der Waals surface area contributed by atoms with Crippen molar-refractivity contribution in [2.45, 2.75) is 51.0 Å². The number of fused-ring (bicyclic) bond motifs is 2. The molecule has 1 aromatic carbocycles. The van der Waals surface area contributed by atoms with Gasteiger partial charge in [0.25, 0.3) is 5.91 Å². The molecule has 3 fully saturated rings. The summed E-state index contributed by atoms with van der Waals surface area (Å²) in [5, 5.41) is 5.91. The Labute approximate surface area is 147 Å². The van der Waals surface area contributed by atoms with Crippen molar-refractivity contribution in [3.8, 4) is 0 Å². The summed E-state index contributed by atoms with van der Waals surface area (Å²) in [6.45, 7) is 0. The molecule has 0 spiro atoms. The number of nitrogens with one attached hydrogen (secondary N) is 2. The molecule has 2 N–H and O–H groups in total. The van der Waals surface area contributed by atoms with Crippen LogP contribution in [0, 0.1) is 17.8 Å². The van der Waals surface area contributed by atoms with Crippen molar-refractivity contribution < 1.29 is 14.4 Å². The zero-order valence-corrected chi connectivity index (χ0v) is 14.3. The molecule has 2 bridgehead atoms. The molecule has 0 aliphatic heterocycles. The average Bonchev–Trinajstić information content (AvgIpc) is 3.38. The lowest BCUT2D eigenvalue weighted by Gasteiger charge is -2.36. The molecule has 3 aliphatic carbocycles. The first-order valence-corrected chi connectivity index (χ1v) is 9.35. The number of carbonyl (C=O) groups is 3. The number of anilines is 1. The van der Waals surface area contributed by atoms with Gasteiger partial charge in [-0.15, -0.1) is 0 Å². The molecule has 132 valence electrons. The average molecular weight is 340 g/mol. The Morgan fingerprint density at radius 3 is 2.40 bits per heavy atom. The fourth-order valence-electron chi connectivity index (χ4n) is 4.17. The van der Waals surface area contributed by atoms with Crippen LogP contribution in [0.4, 0.5) is 5.69 Å². The SMILES string of the molecule is O=C(NC1CC1)c1cccc(NC(=O)C2CC3CCCC(C2)C3=O)c1. The first-order chi connectivity index (χ1) is 12.1. The van der Waals surface area contributed by atoms with E-state index in [1.807, 2.05) is 0 Å². The minimum Gasteiger partial charge on any atom is -0.349 e. The van der Waals surface area contributed by atoms with E-state index >= 15 is 0 Å². The Hall–Kier alpha value is -2.17. The van der Waals surface area contributed by atoms with Crippen LogP contribution in [-0.2, 0) is 9.59 Å². The maximum atomic E-state index is 12.7. The second kappa shape index (κ2) is 6.62. The fraction of sp³-hybridized carbons (Fsp3) is 0.550. The number of hydrogen-bond acceptors (Lipinski definition) is 3. The highest BCUT2D eigenvalue weighted by Crippen LogP contribution is 2.40. The van der Waals surface area contributed by atoms with E-state index in [2.05, 4.69) is 10.6 Å². The van der Waals surface area contributed by atoms with Gasteiger partial charge in [-0.2, -0.15) is 0 Å². The molecule has 0 heterocycles. The Bertz CT molecular complexity index is 695. The molecule has 0 aromatic heterocycles. The third-order valence-corrected chi connectivity index (χ3v) is 5.72. The normalized spacial score (nSPS) is 28.3. The van der Waals surface area contributed by atoms with Crippen molar-refractivity contribution in [1.29, 1.82) is 0 Å². The van der Waals surface area contributed by atoms with Gasteiger partial charge in [-0.25, -0.2) is 0 Å². The van der Waals surface area contributed by atoms with Crippen molar-refractivity contribution in [2.75, 3.05) is 5.32 Å².